The van der Waals surface area contributed by atoms with Gasteiger partial charge in [0.15, 0.2) is 0 Å². The Hall–Kier alpha value is -2.94. The molecule has 0 spiro atoms. The average Bonchev–Trinajstić information content (AvgIpc) is 2.86. The van der Waals surface area contributed by atoms with Crippen LogP contribution in [0, 0.1) is 33.3 Å². The number of urea groups is 1. The number of nitrogens with one attached hydrogen (secondary N) is 1. The van der Waals surface area contributed by atoms with Crippen molar-refractivity contribution in [2.24, 2.45) is 23.2 Å². The number of nitro groups is 1. The number of non-ortho nitro benzene ring substituents is 1. The Morgan fingerprint density at radius 2 is 1.83 bits per heavy atom. The molecule has 1 aromatic rings. The Morgan fingerprint density at radius 3 is 2.39 bits per heavy atom. The van der Waals surface area contributed by atoms with E-state index in [0.717, 1.165) is 38.5 Å². The molecule has 196 valence electrons. The monoisotopic (exact) mass is 497 g/mol. The summed E-state index contributed by atoms with van der Waals surface area (Å²) in [4.78, 5) is 42.1. The van der Waals surface area contributed by atoms with Gasteiger partial charge in [-0.25, -0.2) is 4.79 Å². The van der Waals surface area contributed by atoms with Gasteiger partial charge in [0.1, 0.15) is 0 Å². The lowest BCUT2D eigenvalue weighted by atomic mass is 9.49. The molecule has 3 amide bonds. The van der Waals surface area contributed by atoms with Crippen LogP contribution in [0.25, 0.3) is 0 Å². The van der Waals surface area contributed by atoms with E-state index in [9.17, 15) is 19.7 Å². The van der Waals surface area contributed by atoms with Crippen LogP contribution in [-0.4, -0.2) is 77.4 Å². The predicted octanol–water partition coefficient (Wildman–Crippen LogP) is 4.22. The van der Waals surface area contributed by atoms with Gasteiger partial charge in [-0.05, 0) is 42.2 Å². The first-order valence-corrected chi connectivity index (χ1v) is 13.1. The third kappa shape index (κ3) is 5.56. The fourth-order valence-corrected chi connectivity index (χ4v) is 5.81. The van der Waals surface area contributed by atoms with E-state index >= 15 is 0 Å². The van der Waals surface area contributed by atoms with Crippen LogP contribution in [0.3, 0.4) is 0 Å². The normalized spacial score (nSPS) is 23.0. The second kappa shape index (κ2) is 10.6. The highest BCUT2D eigenvalue weighted by Crippen LogP contribution is 2.59. The van der Waals surface area contributed by atoms with Crippen molar-refractivity contribution in [3.63, 3.8) is 0 Å². The van der Waals surface area contributed by atoms with E-state index in [4.69, 9.17) is 0 Å². The first-order valence-electron chi connectivity index (χ1n) is 13.1. The van der Waals surface area contributed by atoms with Crippen LogP contribution >= 0.6 is 0 Å². The molecule has 2 fully saturated rings. The fraction of sp³-hybridized carbons (Fsp3) is 0.630. The summed E-state index contributed by atoms with van der Waals surface area (Å²) in [5.41, 5.74) is 2.31. The molecular weight excluding hydrogens is 458 g/mol. The molecule has 0 aromatic heterocycles. The molecule has 2 atom stereocenters. The maximum atomic E-state index is 13.0. The summed E-state index contributed by atoms with van der Waals surface area (Å²) in [6.07, 6.45) is 4.77. The average molecular weight is 498 g/mol. The van der Waals surface area contributed by atoms with E-state index in [1.54, 1.807) is 17.0 Å². The van der Waals surface area contributed by atoms with Gasteiger partial charge in [0, 0.05) is 69.6 Å². The van der Waals surface area contributed by atoms with Crippen molar-refractivity contribution in [3.8, 4) is 0 Å². The number of hydrogen-bond donors (Lipinski definition) is 1. The molecule has 36 heavy (non-hydrogen) atoms. The van der Waals surface area contributed by atoms with Crippen LogP contribution in [0.4, 0.5) is 16.2 Å². The second-order valence-electron chi connectivity index (χ2n) is 11.3. The van der Waals surface area contributed by atoms with E-state index in [-0.39, 0.29) is 23.5 Å². The second-order valence-corrected chi connectivity index (χ2v) is 11.3. The van der Waals surface area contributed by atoms with E-state index in [1.165, 1.54) is 24.1 Å². The number of amides is 3. The number of nitro benzene ring substituents is 1. The number of allylic oxidation sites excluding steroid dienone is 1. The first kappa shape index (κ1) is 26.1. The van der Waals surface area contributed by atoms with E-state index in [0.29, 0.717) is 36.7 Å². The lowest BCUT2D eigenvalue weighted by Gasteiger charge is -2.57. The van der Waals surface area contributed by atoms with Gasteiger partial charge in [0.2, 0.25) is 5.91 Å². The Labute approximate surface area is 213 Å². The van der Waals surface area contributed by atoms with Crippen molar-refractivity contribution in [1.29, 1.82) is 0 Å². The summed E-state index contributed by atoms with van der Waals surface area (Å²) in [5, 5.41) is 13.6. The van der Waals surface area contributed by atoms with Crippen LogP contribution < -0.4 is 5.32 Å². The lowest BCUT2D eigenvalue weighted by Crippen LogP contribution is -2.53. The van der Waals surface area contributed by atoms with Crippen LogP contribution in [0.5, 0.6) is 0 Å². The van der Waals surface area contributed by atoms with Gasteiger partial charge in [-0.2, -0.15) is 0 Å². The summed E-state index contributed by atoms with van der Waals surface area (Å²) in [7, 11) is 0. The molecule has 4 aliphatic rings. The zero-order valence-electron chi connectivity index (χ0n) is 21.9. The summed E-state index contributed by atoms with van der Waals surface area (Å²) >= 11 is 0. The molecule has 1 heterocycles. The minimum atomic E-state index is -0.462. The van der Waals surface area contributed by atoms with Crippen molar-refractivity contribution in [1.82, 2.24) is 14.7 Å². The minimum absolute atomic E-state index is 0.00743. The van der Waals surface area contributed by atoms with Gasteiger partial charge in [-0.15, -0.1) is 0 Å². The quantitative estimate of drug-likeness (QED) is 0.329. The van der Waals surface area contributed by atoms with Gasteiger partial charge < -0.3 is 15.1 Å². The van der Waals surface area contributed by atoms with Gasteiger partial charge >= 0.3 is 6.03 Å². The predicted molar refractivity (Wildman–Crippen MR) is 140 cm³/mol. The van der Waals surface area contributed by atoms with Crippen LogP contribution in [0.1, 0.15) is 40.5 Å². The minimum Gasteiger partial charge on any atom is -0.337 e. The summed E-state index contributed by atoms with van der Waals surface area (Å²) in [6, 6.07) is 5.64. The maximum Gasteiger partial charge on any atom is 0.321 e. The number of anilines is 1. The number of hydrogen-bond acceptors (Lipinski definition) is 5. The zero-order chi connectivity index (χ0) is 26.0. The smallest absolute Gasteiger partial charge is 0.321 e. The van der Waals surface area contributed by atoms with E-state index < -0.39 is 4.92 Å². The SMILES string of the molecule is CC(C)C(=O)N(CCN1CCN(C(=O)Nc2ccc([N+](=O)[O-])cc2)CC1)CC1=CCC2CC1C2(C)C. The first-order chi connectivity index (χ1) is 17.1. The highest BCUT2D eigenvalue weighted by molar-refractivity contribution is 5.89. The molecule has 1 saturated heterocycles. The molecule has 1 N–H and O–H groups in total. The van der Waals surface area contributed by atoms with Gasteiger partial charge in [-0.1, -0.05) is 39.3 Å². The third-order valence-corrected chi connectivity index (χ3v) is 8.44. The number of benzene rings is 1. The number of carbonyl (C=O) groups is 2. The number of nitrogens with zero attached hydrogens (tertiary/aromatic N) is 4. The van der Waals surface area contributed by atoms with Crippen molar-refractivity contribution in [2.45, 2.75) is 40.5 Å². The lowest BCUT2D eigenvalue weighted by molar-refractivity contribution is -0.384. The molecule has 9 heteroatoms. The number of piperazine rings is 1. The molecule has 3 aliphatic carbocycles. The van der Waals surface area contributed by atoms with Crippen molar-refractivity contribution >= 4 is 23.3 Å². The van der Waals surface area contributed by atoms with Crippen molar-refractivity contribution < 1.29 is 14.5 Å². The Balaban J connectivity index is 1.26. The number of carbonyl (C=O) groups excluding carboxylic acids is 2. The Morgan fingerprint density at radius 1 is 1.17 bits per heavy atom. The maximum absolute atomic E-state index is 13.0. The van der Waals surface area contributed by atoms with Gasteiger partial charge in [0.05, 0.1) is 4.92 Å². The van der Waals surface area contributed by atoms with Crippen LogP contribution in [0.2, 0.25) is 0 Å². The zero-order valence-corrected chi connectivity index (χ0v) is 21.9. The molecule has 1 aliphatic heterocycles. The van der Waals surface area contributed by atoms with Gasteiger partial charge in [-0.3, -0.25) is 19.8 Å². The molecular formula is C27H39N5O4. The van der Waals surface area contributed by atoms with Crippen LogP contribution in [-0.2, 0) is 4.79 Å². The molecule has 1 aromatic carbocycles. The topological polar surface area (TPSA) is 99.0 Å². The fourth-order valence-electron chi connectivity index (χ4n) is 5.81. The highest BCUT2D eigenvalue weighted by atomic mass is 16.6. The Bertz CT molecular complexity index is 1010. The largest absolute Gasteiger partial charge is 0.337 e. The summed E-state index contributed by atoms with van der Waals surface area (Å²) in [6.45, 7) is 13.6. The molecule has 2 unspecified atom stereocenters. The van der Waals surface area contributed by atoms with E-state index in [1.807, 2.05) is 18.7 Å². The third-order valence-electron chi connectivity index (χ3n) is 8.44. The molecule has 9 nitrogen and oxygen atoms in total. The van der Waals surface area contributed by atoms with Crippen molar-refractivity contribution in [2.75, 3.05) is 51.1 Å². The summed E-state index contributed by atoms with van der Waals surface area (Å²) in [5.74, 6) is 1.55. The van der Waals surface area contributed by atoms with E-state index in [2.05, 4.69) is 30.1 Å². The van der Waals surface area contributed by atoms with Crippen LogP contribution in [0.15, 0.2) is 35.9 Å². The molecule has 2 bridgehead atoms. The standard InChI is InChI=1S/C27H39N5O4/c1-19(2)25(33)31(18-20-5-6-21-17-24(20)27(21,3)4)16-13-29-11-14-30(15-12-29)26(34)28-22-7-9-23(10-8-22)32(35)36/h5,7-10,19,21,24H,6,11-18H2,1-4H3,(H,28,34). The molecule has 5 rings (SSSR count). The van der Waals surface area contributed by atoms with Gasteiger partial charge in [0.25, 0.3) is 5.69 Å². The number of fused-ring (bicyclic) bond motifs is 1. The molecule has 0 radical (unpaired) electrons. The van der Waals surface area contributed by atoms with Crippen molar-refractivity contribution in [3.05, 3.63) is 46.0 Å². The summed E-state index contributed by atoms with van der Waals surface area (Å²) < 4.78 is 0. The molecule has 1 saturated carbocycles. The highest BCUT2D eigenvalue weighted by Gasteiger charge is 2.51. The Kier molecular flexibility index (Phi) is 7.68. The number of rotatable bonds is 8.